The number of carbonyl (C=O) groups excluding carboxylic acids is 1. The van der Waals surface area contributed by atoms with Crippen molar-refractivity contribution in [2.24, 2.45) is 5.92 Å². The van der Waals surface area contributed by atoms with Crippen LogP contribution in [-0.2, 0) is 9.53 Å². The summed E-state index contributed by atoms with van der Waals surface area (Å²) >= 11 is 1.74. The van der Waals surface area contributed by atoms with Crippen LogP contribution in [0.2, 0.25) is 0 Å². The fourth-order valence-electron chi connectivity index (χ4n) is 2.15. The van der Waals surface area contributed by atoms with E-state index in [1.54, 1.807) is 18.7 Å². The summed E-state index contributed by atoms with van der Waals surface area (Å²) in [7, 11) is 0. The summed E-state index contributed by atoms with van der Waals surface area (Å²) in [5.74, 6) is 0.630. The third-order valence-corrected chi connectivity index (χ3v) is 4.23. The van der Waals surface area contributed by atoms with E-state index in [1.807, 2.05) is 18.2 Å². The summed E-state index contributed by atoms with van der Waals surface area (Å²) in [5.41, 5.74) is 0.134. The average Bonchev–Trinajstić information content (AvgIpc) is 2.32. The Morgan fingerprint density at radius 2 is 2.18 bits per heavy atom. The molecule has 0 aliphatic carbocycles. The van der Waals surface area contributed by atoms with Crippen LogP contribution < -0.4 is 0 Å². The molecule has 1 aromatic carbocycles. The van der Waals surface area contributed by atoms with E-state index in [0.717, 1.165) is 19.4 Å². The highest BCUT2D eigenvalue weighted by atomic mass is 32.2. The van der Waals surface area contributed by atoms with Gasteiger partial charge < -0.3 is 9.53 Å². The van der Waals surface area contributed by atoms with Gasteiger partial charge in [0.15, 0.2) is 0 Å². The number of ether oxygens (including phenoxy) is 1. The molecule has 0 aromatic heterocycles. The van der Waals surface area contributed by atoms with E-state index in [-0.39, 0.29) is 11.2 Å². The van der Waals surface area contributed by atoms with Crippen molar-refractivity contribution < 1.29 is 9.53 Å². The fraction of sp³-hybridized carbons (Fsp3) is 0.500. The van der Waals surface area contributed by atoms with Gasteiger partial charge in [0.05, 0.1) is 0 Å². The topological polar surface area (TPSA) is 26.3 Å². The van der Waals surface area contributed by atoms with Crippen molar-refractivity contribution in [2.45, 2.75) is 36.5 Å². The quantitative estimate of drug-likeness (QED) is 0.818. The van der Waals surface area contributed by atoms with Crippen molar-refractivity contribution in [1.29, 1.82) is 0 Å². The van der Waals surface area contributed by atoms with Crippen molar-refractivity contribution >= 4 is 17.5 Å². The second-order valence-corrected chi connectivity index (χ2v) is 5.65. The Kier molecular flexibility index (Phi) is 4.63. The predicted octanol–water partition coefficient (Wildman–Crippen LogP) is 3.51. The normalized spacial score (nSPS) is 24.5. The van der Waals surface area contributed by atoms with Crippen molar-refractivity contribution in [3.63, 3.8) is 0 Å². The molecule has 1 heterocycles. The first-order valence-electron chi connectivity index (χ1n) is 6.08. The number of thioether (sulfide) groups is 1. The number of Topliss-reactive ketones (excluding diaryl/α,β-unsaturated/α-hetero) is 1. The lowest BCUT2D eigenvalue weighted by molar-refractivity contribution is -0.119. The number of benzene rings is 1. The molecule has 0 saturated carbocycles. The van der Waals surface area contributed by atoms with E-state index >= 15 is 0 Å². The van der Waals surface area contributed by atoms with Crippen molar-refractivity contribution in [3.05, 3.63) is 30.3 Å². The Bertz CT molecular complexity index is 364. The van der Waals surface area contributed by atoms with E-state index in [2.05, 4.69) is 12.1 Å². The molecular formula is C14H18O2S. The van der Waals surface area contributed by atoms with E-state index in [1.165, 1.54) is 4.90 Å². The number of carbonyl (C=O) groups is 1. The Morgan fingerprint density at radius 1 is 1.41 bits per heavy atom. The van der Waals surface area contributed by atoms with Gasteiger partial charge in [-0.05, 0) is 31.9 Å². The van der Waals surface area contributed by atoms with Gasteiger partial charge in [-0.3, -0.25) is 0 Å². The first-order chi connectivity index (χ1) is 8.25. The molecule has 1 aromatic rings. The lowest BCUT2D eigenvalue weighted by Gasteiger charge is -2.30. The molecule has 1 aliphatic heterocycles. The zero-order valence-corrected chi connectivity index (χ0v) is 10.9. The number of hydrogen-bond acceptors (Lipinski definition) is 3. The van der Waals surface area contributed by atoms with Gasteiger partial charge in [-0.2, -0.15) is 0 Å². The third-order valence-electron chi connectivity index (χ3n) is 2.93. The Morgan fingerprint density at radius 3 is 2.88 bits per heavy atom. The molecule has 3 heteroatoms. The van der Waals surface area contributed by atoms with Crippen LogP contribution >= 0.6 is 11.8 Å². The average molecular weight is 250 g/mol. The minimum atomic E-state index is 0.134. The summed E-state index contributed by atoms with van der Waals surface area (Å²) in [4.78, 5) is 12.5. The van der Waals surface area contributed by atoms with Gasteiger partial charge in [0.1, 0.15) is 11.2 Å². The molecule has 1 saturated heterocycles. The van der Waals surface area contributed by atoms with Gasteiger partial charge in [0.2, 0.25) is 0 Å². The van der Waals surface area contributed by atoms with Gasteiger partial charge in [0.25, 0.3) is 0 Å². The maximum absolute atomic E-state index is 11.2. The third kappa shape index (κ3) is 3.86. The summed E-state index contributed by atoms with van der Waals surface area (Å²) in [5, 5.41) is 0. The highest BCUT2D eigenvalue weighted by molar-refractivity contribution is 7.99. The molecule has 0 amide bonds. The molecule has 0 spiro atoms. The van der Waals surface area contributed by atoms with Crippen molar-refractivity contribution in [3.8, 4) is 0 Å². The number of hydrogen-bond donors (Lipinski definition) is 0. The number of ketones is 1. The van der Waals surface area contributed by atoms with Crippen LogP contribution in [0, 0.1) is 5.92 Å². The zero-order chi connectivity index (χ0) is 12.1. The first kappa shape index (κ1) is 12.7. The monoisotopic (exact) mass is 250 g/mol. The summed E-state index contributed by atoms with van der Waals surface area (Å²) in [6.45, 7) is 2.48. The highest BCUT2D eigenvalue weighted by Gasteiger charge is 2.27. The van der Waals surface area contributed by atoms with E-state index < -0.39 is 0 Å². The minimum absolute atomic E-state index is 0.134. The molecule has 0 bridgehead atoms. The van der Waals surface area contributed by atoms with Crippen LogP contribution in [0.15, 0.2) is 35.2 Å². The van der Waals surface area contributed by atoms with E-state index in [0.29, 0.717) is 12.3 Å². The lowest BCUT2D eigenvalue weighted by atomic mass is 9.96. The molecule has 1 fully saturated rings. The van der Waals surface area contributed by atoms with Crippen LogP contribution in [0.5, 0.6) is 0 Å². The predicted molar refractivity (Wildman–Crippen MR) is 70.1 cm³/mol. The number of rotatable bonds is 4. The first-order valence-corrected chi connectivity index (χ1v) is 6.96. The summed E-state index contributed by atoms with van der Waals surface area (Å²) in [6.07, 6.45) is 2.82. The Hall–Kier alpha value is -0.800. The molecule has 1 aliphatic rings. The smallest absolute Gasteiger partial charge is 0.130 e. The summed E-state index contributed by atoms with van der Waals surface area (Å²) in [6, 6.07) is 10.3. The van der Waals surface area contributed by atoms with Crippen molar-refractivity contribution in [2.75, 3.05) is 6.61 Å². The Balaban J connectivity index is 1.99. The molecule has 92 valence electrons. The maximum Gasteiger partial charge on any atom is 0.130 e. The lowest BCUT2D eigenvalue weighted by Crippen LogP contribution is -2.28. The van der Waals surface area contributed by atoms with Crippen LogP contribution in [0.4, 0.5) is 0 Å². The van der Waals surface area contributed by atoms with Gasteiger partial charge in [0, 0.05) is 23.8 Å². The molecule has 17 heavy (non-hydrogen) atoms. The second kappa shape index (κ2) is 6.22. The molecule has 0 N–H and O–H groups in total. The second-order valence-electron chi connectivity index (χ2n) is 4.48. The van der Waals surface area contributed by atoms with Gasteiger partial charge in [-0.25, -0.2) is 0 Å². The van der Waals surface area contributed by atoms with Gasteiger partial charge >= 0.3 is 0 Å². The minimum Gasteiger partial charge on any atom is -0.367 e. The molecule has 2 atom stereocenters. The van der Waals surface area contributed by atoms with Crippen molar-refractivity contribution in [1.82, 2.24) is 0 Å². The molecule has 2 rings (SSSR count). The van der Waals surface area contributed by atoms with E-state index in [9.17, 15) is 4.79 Å². The highest BCUT2D eigenvalue weighted by Crippen LogP contribution is 2.35. The van der Waals surface area contributed by atoms with Gasteiger partial charge in [-0.1, -0.05) is 30.0 Å². The fourth-order valence-corrected chi connectivity index (χ4v) is 3.32. The molecular weight excluding hydrogens is 232 g/mol. The van der Waals surface area contributed by atoms with Gasteiger partial charge in [-0.15, -0.1) is 0 Å². The van der Waals surface area contributed by atoms with Crippen LogP contribution in [-0.4, -0.2) is 17.8 Å². The summed E-state index contributed by atoms with van der Waals surface area (Å²) < 4.78 is 5.81. The largest absolute Gasteiger partial charge is 0.367 e. The molecule has 0 radical (unpaired) electrons. The Labute approximate surface area is 107 Å². The maximum atomic E-state index is 11.2. The SMILES string of the molecule is CC(=O)C[C@H]1CCCO[C@H]1Sc1ccccc1. The standard InChI is InChI=1S/C14H18O2S/c1-11(15)10-12-6-5-9-16-14(12)17-13-7-3-2-4-8-13/h2-4,7-8,12,14H,5-6,9-10H2,1H3/t12-,14+/m1/s1. The van der Waals surface area contributed by atoms with Crippen LogP contribution in [0.25, 0.3) is 0 Å². The molecule has 2 nitrogen and oxygen atoms in total. The zero-order valence-electron chi connectivity index (χ0n) is 10.1. The van der Waals surface area contributed by atoms with Crippen LogP contribution in [0.1, 0.15) is 26.2 Å². The molecule has 0 unspecified atom stereocenters. The van der Waals surface area contributed by atoms with Crippen LogP contribution in [0.3, 0.4) is 0 Å². The van der Waals surface area contributed by atoms with E-state index in [4.69, 9.17) is 4.74 Å².